The summed E-state index contributed by atoms with van der Waals surface area (Å²) in [7, 11) is 1.83. The van der Waals surface area contributed by atoms with Gasteiger partial charge in [0.1, 0.15) is 5.82 Å². The molecule has 0 aliphatic rings. The van der Waals surface area contributed by atoms with Crippen LogP contribution in [0.2, 0.25) is 0 Å². The Morgan fingerprint density at radius 2 is 2.19 bits per heavy atom. The fourth-order valence-corrected chi connectivity index (χ4v) is 0.949. The summed E-state index contributed by atoms with van der Waals surface area (Å²) in [4.78, 5) is 4.07. The van der Waals surface area contributed by atoms with Crippen molar-refractivity contribution in [1.29, 1.82) is 0 Å². The fraction of sp³-hybridized carbons (Fsp3) is 0.250. The van der Waals surface area contributed by atoms with Crippen molar-refractivity contribution in [3.8, 4) is 0 Å². The average molecular weight is 220 g/mol. The minimum Gasteiger partial charge on any atom is -0.394 e. The van der Waals surface area contributed by atoms with Crippen molar-refractivity contribution in [2.24, 2.45) is 16.5 Å². The van der Waals surface area contributed by atoms with Crippen molar-refractivity contribution >= 4 is 6.21 Å². The number of hydrogen-bond donors (Lipinski definition) is 3. The molecule has 0 aliphatic carbocycles. The molecule has 0 heterocycles. The minimum atomic E-state index is 0.457. The lowest BCUT2D eigenvalue weighted by molar-refractivity contribution is 1.01. The Balaban J connectivity index is 4.18. The van der Waals surface area contributed by atoms with Crippen LogP contribution in [-0.2, 0) is 0 Å². The molecule has 0 unspecified atom stereocenters. The number of hydrogen-bond acceptors (Lipinski definition) is 4. The molecule has 0 aromatic rings. The maximum Gasteiger partial charge on any atom is 0.122 e. The van der Waals surface area contributed by atoms with Gasteiger partial charge in [-0.25, -0.2) is 4.99 Å². The fourth-order valence-electron chi connectivity index (χ4n) is 0.949. The number of aliphatic imine (C=N–C) groups is 1. The van der Waals surface area contributed by atoms with Crippen LogP contribution in [0.15, 0.2) is 53.5 Å². The second-order valence-corrected chi connectivity index (χ2v) is 3.02. The SMILES string of the molecule is C=C/C=C\C=C(\N)N=CC/C(=C/NC)CN. The Kier molecular flexibility index (Phi) is 8.63. The zero-order valence-corrected chi connectivity index (χ0v) is 9.69. The topological polar surface area (TPSA) is 76.4 Å². The normalized spacial score (nSPS) is 13.6. The predicted octanol–water partition coefficient (Wildman–Crippen LogP) is 1.05. The average Bonchev–Trinajstić information content (AvgIpc) is 2.28. The second kappa shape index (κ2) is 9.73. The Morgan fingerprint density at radius 1 is 1.44 bits per heavy atom. The van der Waals surface area contributed by atoms with Crippen molar-refractivity contribution < 1.29 is 0 Å². The van der Waals surface area contributed by atoms with Gasteiger partial charge in [-0.1, -0.05) is 24.8 Å². The van der Waals surface area contributed by atoms with E-state index in [4.69, 9.17) is 11.5 Å². The highest BCUT2D eigenvalue weighted by atomic mass is 14.9. The van der Waals surface area contributed by atoms with Crippen LogP contribution in [0.5, 0.6) is 0 Å². The molecule has 0 atom stereocenters. The van der Waals surface area contributed by atoms with E-state index in [2.05, 4.69) is 16.9 Å². The summed E-state index contributed by atoms with van der Waals surface area (Å²) in [5.74, 6) is 0.457. The van der Waals surface area contributed by atoms with Crippen molar-refractivity contribution in [3.05, 3.63) is 48.5 Å². The Morgan fingerprint density at radius 3 is 2.75 bits per heavy atom. The number of nitrogens with zero attached hydrogens (tertiary/aromatic N) is 1. The Hall–Kier alpha value is -1.81. The molecule has 0 amide bonds. The van der Waals surface area contributed by atoms with Gasteiger partial charge in [0, 0.05) is 26.2 Å². The highest BCUT2D eigenvalue weighted by molar-refractivity contribution is 5.62. The van der Waals surface area contributed by atoms with E-state index in [1.165, 1.54) is 0 Å². The summed E-state index contributed by atoms with van der Waals surface area (Å²) in [5, 5.41) is 2.93. The Labute approximate surface area is 97.1 Å². The number of nitrogens with one attached hydrogen (secondary N) is 1. The van der Waals surface area contributed by atoms with E-state index < -0.39 is 0 Å². The van der Waals surface area contributed by atoms with Gasteiger partial charge in [-0.3, -0.25) is 0 Å². The molecule has 0 bridgehead atoms. The van der Waals surface area contributed by atoms with Crippen LogP contribution < -0.4 is 16.8 Å². The van der Waals surface area contributed by atoms with Gasteiger partial charge < -0.3 is 16.8 Å². The van der Waals surface area contributed by atoms with Crippen molar-refractivity contribution in [3.63, 3.8) is 0 Å². The highest BCUT2D eigenvalue weighted by Crippen LogP contribution is 1.95. The summed E-state index contributed by atoms with van der Waals surface area (Å²) >= 11 is 0. The molecule has 0 aliphatic heterocycles. The van der Waals surface area contributed by atoms with Crippen molar-refractivity contribution in [2.45, 2.75) is 6.42 Å². The van der Waals surface area contributed by atoms with Gasteiger partial charge in [0.05, 0.1) is 0 Å². The summed E-state index contributed by atoms with van der Waals surface area (Å²) in [6.45, 7) is 4.06. The zero-order valence-electron chi connectivity index (χ0n) is 9.69. The van der Waals surface area contributed by atoms with E-state index in [0.717, 1.165) is 5.57 Å². The van der Waals surface area contributed by atoms with Gasteiger partial charge in [-0.05, 0) is 17.8 Å². The highest BCUT2D eigenvalue weighted by Gasteiger charge is 1.90. The molecule has 5 N–H and O–H groups in total. The minimum absolute atomic E-state index is 0.457. The zero-order chi connectivity index (χ0) is 12.2. The molecule has 4 heteroatoms. The number of rotatable bonds is 7. The lowest BCUT2D eigenvalue weighted by Crippen LogP contribution is -2.07. The third kappa shape index (κ3) is 7.58. The van der Waals surface area contributed by atoms with E-state index >= 15 is 0 Å². The molecule has 0 aromatic heterocycles. The monoisotopic (exact) mass is 220 g/mol. The van der Waals surface area contributed by atoms with Crippen molar-refractivity contribution in [2.75, 3.05) is 13.6 Å². The molecule has 4 nitrogen and oxygen atoms in total. The lowest BCUT2D eigenvalue weighted by atomic mass is 10.2. The van der Waals surface area contributed by atoms with Crippen LogP contribution in [0.4, 0.5) is 0 Å². The first-order chi connectivity index (χ1) is 7.74. The van der Waals surface area contributed by atoms with E-state index in [1.54, 1.807) is 30.5 Å². The van der Waals surface area contributed by atoms with Gasteiger partial charge in [-0.2, -0.15) is 0 Å². The van der Waals surface area contributed by atoms with Crippen LogP contribution in [0.25, 0.3) is 0 Å². The van der Waals surface area contributed by atoms with Gasteiger partial charge in [-0.15, -0.1) is 0 Å². The van der Waals surface area contributed by atoms with Crippen LogP contribution in [0.1, 0.15) is 6.42 Å². The standard InChI is InChI=1S/C12H20N4/c1-3-4-5-6-12(14)16-8-7-11(9-13)10-15-2/h3-6,8,10,15H,1,7,9,13-14H2,2H3/b5-4-,11-10-,12-6-,16-8?. The molecule has 0 aromatic carbocycles. The van der Waals surface area contributed by atoms with Gasteiger partial charge in [0.2, 0.25) is 0 Å². The number of allylic oxidation sites excluding steroid dienone is 4. The molecule has 0 radical (unpaired) electrons. The molecule has 0 fully saturated rings. The largest absolute Gasteiger partial charge is 0.394 e. The molecule has 88 valence electrons. The maximum absolute atomic E-state index is 5.63. The summed E-state index contributed by atoms with van der Waals surface area (Å²) < 4.78 is 0. The first-order valence-corrected chi connectivity index (χ1v) is 5.07. The third-order valence-corrected chi connectivity index (χ3v) is 1.72. The molecule has 0 saturated heterocycles. The molecule has 0 rings (SSSR count). The van der Waals surface area contributed by atoms with E-state index in [-0.39, 0.29) is 0 Å². The first kappa shape index (κ1) is 14.2. The van der Waals surface area contributed by atoms with Crippen LogP contribution >= 0.6 is 0 Å². The van der Waals surface area contributed by atoms with E-state index in [9.17, 15) is 0 Å². The summed E-state index contributed by atoms with van der Waals surface area (Å²) in [6, 6.07) is 0. The van der Waals surface area contributed by atoms with E-state index in [0.29, 0.717) is 18.8 Å². The quantitative estimate of drug-likeness (QED) is 0.443. The smallest absolute Gasteiger partial charge is 0.122 e. The number of nitrogens with two attached hydrogens (primary N) is 2. The van der Waals surface area contributed by atoms with Crippen LogP contribution in [0.3, 0.4) is 0 Å². The second-order valence-electron chi connectivity index (χ2n) is 3.02. The van der Waals surface area contributed by atoms with Gasteiger partial charge in [0.15, 0.2) is 0 Å². The van der Waals surface area contributed by atoms with Crippen molar-refractivity contribution in [1.82, 2.24) is 5.32 Å². The Bertz CT molecular complexity index is 311. The van der Waals surface area contributed by atoms with Crippen LogP contribution in [0, 0.1) is 0 Å². The lowest BCUT2D eigenvalue weighted by Gasteiger charge is -1.99. The first-order valence-electron chi connectivity index (χ1n) is 5.07. The summed E-state index contributed by atoms with van der Waals surface area (Å²) in [5.41, 5.74) is 12.2. The van der Waals surface area contributed by atoms with Gasteiger partial charge in [0.25, 0.3) is 0 Å². The molecular formula is C12H20N4. The van der Waals surface area contributed by atoms with E-state index in [1.807, 2.05) is 13.2 Å². The maximum atomic E-state index is 5.63. The predicted molar refractivity (Wildman–Crippen MR) is 70.9 cm³/mol. The third-order valence-electron chi connectivity index (χ3n) is 1.72. The molecule has 0 spiro atoms. The molecule has 0 saturated carbocycles. The summed E-state index contributed by atoms with van der Waals surface area (Å²) in [6.07, 6.45) is 11.3. The molecule has 16 heavy (non-hydrogen) atoms. The van der Waals surface area contributed by atoms with Crippen LogP contribution in [-0.4, -0.2) is 19.8 Å². The van der Waals surface area contributed by atoms with Gasteiger partial charge >= 0.3 is 0 Å². The molecular weight excluding hydrogens is 200 g/mol.